The Morgan fingerprint density at radius 1 is 1.12 bits per heavy atom. The van der Waals surface area contributed by atoms with Gasteiger partial charge in [-0.2, -0.15) is 0 Å². The number of phenolic OH excluding ortho intramolecular Hbond substituents is 1. The lowest BCUT2D eigenvalue weighted by molar-refractivity contribution is 0.465. The van der Waals surface area contributed by atoms with Crippen LogP contribution in [0.4, 0.5) is 0 Å². The van der Waals surface area contributed by atoms with Crippen LogP contribution in [-0.2, 0) is 0 Å². The van der Waals surface area contributed by atoms with Gasteiger partial charge in [-0.05, 0) is 22.3 Å². The smallest absolute Gasteiger partial charge is 0.119 e. The topological polar surface area (TPSA) is 46.2 Å². The van der Waals surface area contributed by atoms with Crippen molar-refractivity contribution in [2.45, 2.75) is 25.8 Å². The SMILES string of the molecule is CC1(C)[C@@H](N)[C@@H]1c1c(O)ccc2ccccc12. The zero-order valence-corrected chi connectivity index (χ0v) is 10.1. The van der Waals surface area contributed by atoms with Crippen molar-refractivity contribution in [2.24, 2.45) is 11.1 Å². The molecule has 2 heteroatoms. The average Bonchev–Trinajstić information content (AvgIpc) is 2.79. The Kier molecular flexibility index (Phi) is 2.02. The monoisotopic (exact) mass is 227 g/mol. The minimum atomic E-state index is 0.0849. The van der Waals surface area contributed by atoms with Gasteiger partial charge in [0.15, 0.2) is 0 Å². The third kappa shape index (κ3) is 1.37. The van der Waals surface area contributed by atoms with Crippen LogP contribution in [-0.4, -0.2) is 11.1 Å². The summed E-state index contributed by atoms with van der Waals surface area (Å²) < 4.78 is 0. The molecule has 0 amide bonds. The standard InChI is InChI=1S/C15H17NO/c1-15(2)13(14(15)16)12-10-6-4-3-5-9(10)7-8-11(12)17/h3-8,13-14,17H,16H2,1-2H3/t13-,14-/m0/s1. The fourth-order valence-electron chi connectivity index (χ4n) is 2.84. The van der Waals surface area contributed by atoms with E-state index in [9.17, 15) is 5.11 Å². The molecule has 0 aromatic heterocycles. The van der Waals surface area contributed by atoms with Crippen LogP contribution >= 0.6 is 0 Å². The van der Waals surface area contributed by atoms with E-state index in [1.165, 1.54) is 0 Å². The number of rotatable bonds is 1. The van der Waals surface area contributed by atoms with Gasteiger partial charge in [0, 0.05) is 17.5 Å². The van der Waals surface area contributed by atoms with E-state index in [2.05, 4.69) is 26.0 Å². The quantitative estimate of drug-likeness (QED) is 0.786. The molecule has 1 aliphatic carbocycles. The number of hydrogen-bond donors (Lipinski definition) is 2. The minimum Gasteiger partial charge on any atom is -0.508 e. The summed E-state index contributed by atoms with van der Waals surface area (Å²) in [6.45, 7) is 4.31. The summed E-state index contributed by atoms with van der Waals surface area (Å²) in [6, 6.07) is 12.0. The second-order valence-corrected chi connectivity index (χ2v) is 5.54. The summed E-state index contributed by atoms with van der Waals surface area (Å²) in [5.74, 6) is 0.628. The number of fused-ring (bicyclic) bond motifs is 1. The third-order valence-corrected chi connectivity index (χ3v) is 4.17. The van der Waals surface area contributed by atoms with Gasteiger partial charge in [-0.25, -0.2) is 0 Å². The van der Waals surface area contributed by atoms with Crippen molar-refractivity contribution in [1.82, 2.24) is 0 Å². The van der Waals surface area contributed by atoms with Gasteiger partial charge < -0.3 is 10.8 Å². The molecule has 0 spiro atoms. The molecule has 2 atom stereocenters. The van der Waals surface area contributed by atoms with Crippen molar-refractivity contribution in [3.8, 4) is 5.75 Å². The Balaban J connectivity index is 2.26. The Morgan fingerprint density at radius 2 is 1.76 bits per heavy atom. The molecule has 1 fully saturated rings. The Labute approximate surface area is 101 Å². The maximum Gasteiger partial charge on any atom is 0.119 e. The van der Waals surface area contributed by atoms with Crippen molar-refractivity contribution >= 4 is 10.8 Å². The molecule has 0 aliphatic heterocycles. The second kappa shape index (κ2) is 3.23. The van der Waals surface area contributed by atoms with Gasteiger partial charge in [-0.1, -0.05) is 44.2 Å². The van der Waals surface area contributed by atoms with Crippen LogP contribution < -0.4 is 5.73 Å². The van der Waals surface area contributed by atoms with E-state index in [4.69, 9.17) is 5.73 Å². The van der Waals surface area contributed by atoms with Crippen molar-refractivity contribution < 1.29 is 5.11 Å². The zero-order valence-electron chi connectivity index (χ0n) is 10.1. The molecular weight excluding hydrogens is 210 g/mol. The summed E-state index contributed by atoms with van der Waals surface area (Å²) in [5, 5.41) is 12.4. The Morgan fingerprint density at radius 3 is 2.41 bits per heavy atom. The zero-order chi connectivity index (χ0) is 12.2. The molecular formula is C15H17NO. The molecule has 2 aromatic carbocycles. The van der Waals surface area contributed by atoms with Gasteiger partial charge >= 0.3 is 0 Å². The van der Waals surface area contributed by atoms with Crippen molar-refractivity contribution in [2.75, 3.05) is 0 Å². The van der Waals surface area contributed by atoms with E-state index in [-0.39, 0.29) is 17.4 Å². The van der Waals surface area contributed by atoms with Gasteiger partial charge in [0.1, 0.15) is 5.75 Å². The lowest BCUT2D eigenvalue weighted by Gasteiger charge is -2.10. The lowest BCUT2D eigenvalue weighted by atomic mass is 9.96. The van der Waals surface area contributed by atoms with E-state index in [0.29, 0.717) is 5.75 Å². The van der Waals surface area contributed by atoms with E-state index < -0.39 is 0 Å². The van der Waals surface area contributed by atoms with E-state index >= 15 is 0 Å². The summed E-state index contributed by atoms with van der Waals surface area (Å²) in [4.78, 5) is 0. The van der Waals surface area contributed by atoms with Crippen LogP contribution in [0, 0.1) is 5.41 Å². The van der Waals surface area contributed by atoms with Crippen molar-refractivity contribution in [1.29, 1.82) is 0 Å². The highest BCUT2D eigenvalue weighted by Crippen LogP contribution is 2.60. The van der Waals surface area contributed by atoms with Crippen LogP contribution in [0.2, 0.25) is 0 Å². The summed E-state index contributed by atoms with van der Waals surface area (Å²) >= 11 is 0. The first-order valence-electron chi connectivity index (χ1n) is 5.99. The fourth-order valence-corrected chi connectivity index (χ4v) is 2.84. The largest absolute Gasteiger partial charge is 0.508 e. The third-order valence-electron chi connectivity index (χ3n) is 4.17. The molecule has 0 bridgehead atoms. The fraction of sp³-hybridized carbons (Fsp3) is 0.333. The molecule has 1 aliphatic rings. The van der Waals surface area contributed by atoms with E-state index in [1.807, 2.05) is 18.2 Å². The predicted octanol–water partition coefficient (Wildman–Crippen LogP) is 3.00. The molecule has 1 saturated carbocycles. The van der Waals surface area contributed by atoms with Crippen LogP contribution in [0.15, 0.2) is 36.4 Å². The maximum atomic E-state index is 10.1. The molecule has 17 heavy (non-hydrogen) atoms. The highest BCUT2D eigenvalue weighted by molar-refractivity contribution is 5.89. The normalized spacial score (nSPS) is 26.1. The highest BCUT2D eigenvalue weighted by Gasteiger charge is 2.57. The van der Waals surface area contributed by atoms with Crippen molar-refractivity contribution in [3.05, 3.63) is 42.0 Å². The number of phenols is 1. The summed E-state index contributed by atoms with van der Waals surface area (Å²) in [5.41, 5.74) is 7.22. The maximum absolute atomic E-state index is 10.1. The van der Waals surface area contributed by atoms with Crippen LogP contribution in [0.3, 0.4) is 0 Å². The van der Waals surface area contributed by atoms with Crippen molar-refractivity contribution in [3.63, 3.8) is 0 Å². The van der Waals surface area contributed by atoms with E-state index in [0.717, 1.165) is 16.3 Å². The second-order valence-electron chi connectivity index (χ2n) is 5.54. The van der Waals surface area contributed by atoms with Gasteiger partial charge in [0.05, 0.1) is 0 Å². The Bertz CT molecular complexity index is 588. The first kappa shape index (κ1) is 10.6. The molecule has 3 rings (SSSR count). The first-order chi connectivity index (χ1) is 8.03. The van der Waals surface area contributed by atoms with Crippen LogP contribution in [0.1, 0.15) is 25.3 Å². The molecule has 0 saturated heterocycles. The van der Waals surface area contributed by atoms with Crippen LogP contribution in [0.25, 0.3) is 10.8 Å². The first-order valence-corrected chi connectivity index (χ1v) is 5.99. The molecule has 2 nitrogen and oxygen atoms in total. The van der Waals surface area contributed by atoms with E-state index in [1.54, 1.807) is 6.07 Å². The lowest BCUT2D eigenvalue weighted by Crippen LogP contribution is -2.06. The number of hydrogen-bond acceptors (Lipinski definition) is 2. The predicted molar refractivity (Wildman–Crippen MR) is 70.1 cm³/mol. The molecule has 2 aromatic rings. The van der Waals surface area contributed by atoms with Gasteiger partial charge in [-0.3, -0.25) is 0 Å². The molecule has 0 heterocycles. The molecule has 0 unspecified atom stereocenters. The van der Waals surface area contributed by atoms with Crippen LogP contribution in [0.5, 0.6) is 5.75 Å². The van der Waals surface area contributed by atoms with Gasteiger partial charge in [0.25, 0.3) is 0 Å². The van der Waals surface area contributed by atoms with Gasteiger partial charge in [-0.15, -0.1) is 0 Å². The Hall–Kier alpha value is -1.54. The number of benzene rings is 2. The number of aromatic hydroxyl groups is 1. The number of nitrogens with two attached hydrogens (primary N) is 1. The van der Waals surface area contributed by atoms with Gasteiger partial charge in [0.2, 0.25) is 0 Å². The molecule has 0 radical (unpaired) electrons. The minimum absolute atomic E-state index is 0.0849. The summed E-state index contributed by atoms with van der Waals surface area (Å²) in [6.07, 6.45) is 0. The highest BCUT2D eigenvalue weighted by atomic mass is 16.3. The molecule has 3 N–H and O–H groups in total. The summed E-state index contributed by atoms with van der Waals surface area (Å²) in [7, 11) is 0. The molecule has 88 valence electrons. The average molecular weight is 227 g/mol.